The summed E-state index contributed by atoms with van der Waals surface area (Å²) >= 11 is 13.5. The maximum atomic E-state index is 8.84. The van der Waals surface area contributed by atoms with E-state index in [0.29, 0.717) is 15.6 Å². The molecular formula is C14H7Cl2N3S. The lowest BCUT2D eigenvalue weighted by atomic mass is 10.2. The predicted octanol–water partition coefficient (Wildman–Crippen LogP) is 5.22. The van der Waals surface area contributed by atoms with E-state index in [9.17, 15) is 0 Å². The highest BCUT2D eigenvalue weighted by Gasteiger charge is 2.06. The van der Waals surface area contributed by atoms with E-state index in [4.69, 9.17) is 28.5 Å². The maximum Gasteiger partial charge on any atom is 0.188 e. The maximum absolute atomic E-state index is 8.84. The summed E-state index contributed by atoms with van der Waals surface area (Å²) in [5, 5.41) is 13.9. The summed E-state index contributed by atoms with van der Waals surface area (Å²) in [6, 6.07) is 12.8. The van der Waals surface area contributed by atoms with Gasteiger partial charge in [-0.15, -0.1) is 0 Å². The molecule has 0 saturated heterocycles. The Hall–Kier alpha value is -1.80. The zero-order valence-electron chi connectivity index (χ0n) is 10.0. The van der Waals surface area contributed by atoms with E-state index in [0.717, 1.165) is 21.0 Å². The average molecular weight is 320 g/mol. The van der Waals surface area contributed by atoms with Gasteiger partial charge >= 0.3 is 0 Å². The number of nitrogens with zero attached hydrogens (tertiary/aromatic N) is 2. The van der Waals surface area contributed by atoms with Crippen molar-refractivity contribution in [3.05, 3.63) is 52.0 Å². The molecule has 2 aromatic carbocycles. The Balaban J connectivity index is 1.93. The quantitative estimate of drug-likeness (QED) is 0.704. The molecule has 0 amide bonds. The van der Waals surface area contributed by atoms with Crippen LogP contribution in [-0.4, -0.2) is 4.98 Å². The fourth-order valence-electron chi connectivity index (χ4n) is 1.76. The third-order valence-corrected chi connectivity index (χ3v) is 4.17. The summed E-state index contributed by atoms with van der Waals surface area (Å²) in [7, 11) is 0. The molecule has 0 aliphatic carbocycles. The number of anilines is 2. The van der Waals surface area contributed by atoms with Gasteiger partial charge in [0.1, 0.15) is 6.07 Å². The van der Waals surface area contributed by atoms with Crippen LogP contribution in [0, 0.1) is 11.3 Å². The highest BCUT2D eigenvalue weighted by atomic mass is 35.5. The molecule has 0 unspecified atom stereocenters. The van der Waals surface area contributed by atoms with Gasteiger partial charge in [-0.25, -0.2) is 4.98 Å². The number of aromatic nitrogens is 1. The molecule has 0 aliphatic heterocycles. The topological polar surface area (TPSA) is 48.7 Å². The van der Waals surface area contributed by atoms with Gasteiger partial charge < -0.3 is 5.32 Å². The van der Waals surface area contributed by atoms with E-state index in [-0.39, 0.29) is 0 Å². The number of hydrogen-bond donors (Lipinski definition) is 1. The normalized spacial score (nSPS) is 10.4. The lowest BCUT2D eigenvalue weighted by molar-refractivity contribution is 1.43. The minimum Gasteiger partial charge on any atom is -0.331 e. The van der Waals surface area contributed by atoms with Crippen molar-refractivity contribution < 1.29 is 0 Å². The molecule has 0 fully saturated rings. The monoisotopic (exact) mass is 319 g/mol. The van der Waals surface area contributed by atoms with Crippen molar-refractivity contribution >= 4 is 55.6 Å². The second kappa shape index (κ2) is 5.29. The summed E-state index contributed by atoms with van der Waals surface area (Å²) < 4.78 is 1.01. The van der Waals surface area contributed by atoms with Gasteiger partial charge in [0.05, 0.1) is 20.8 Å². The van der Waals surface area contributed by atoms with Crippen molar-refractivity contribution in [3.8, 4) is 6.07 Å². The number of hydrogen-bond acceptors (Lipinski definition) is 4. The molecule has 0 saturated carbocycles. The number of fused-ring (bicyclic) bond motifs is 1. The van der Waals surface area contributed by atoms with Gasteiger partial charge in [-0.2, -0.15) is 5.26 Å². The molecule has 3 nitrogen and oxygen atoms in total. The molecule has 6 heteroatoms. The third-order valence-electron chi connectivity index (χ3n) is 2.69. The van der Waals surface area contributed by atoms with Crippen molar-refractivity contribution in [2.45, 2.75) is 0 Å². The molecule has 20 heavy (non-hydrogen) atoms. The van der Waals surface area contributed by atoms with Gasteiger partial charge in [-0.05, 0) is 36.4 Å². The summed E-state index contributed by atoms with van der Waals surface area (Å²) in [4.78, 5) is 4.46. The van der Waals surface area contributed by atoms with Crippen LogP contribution in [0.1, 0.15) is 5.56 Å². The van der Waals surface area contributed by atoms with Crippen LogP contribution in [0.3, 0.4) is 0 Å². The molecule has 0 aliphatic rings. The standard InChI is InChI=1S/C14H7Cl2N3S/c15-9-2-4-12-13(5-9)20-14(19-12)18-10-3-1-8(7-17)11(16)6-10/h1-6H,(H,18,19). The van der Waals surface area contributed by atoms with Crippen molar-refractivity contribution in [1.82, 2.24) is 4.98 Å². The first-order chi connectivity index (χ1) is 9.65. The zero-order valence-corrected chi connectivity index (χ0v) is 12.4. The van der Waals surface area contributed by atoms with Crippen LogP contribution in [0.2, 0.25) is 10.0 Å². The minimum absolute atomic E-state index is 0.418. The van der Waals surface area contributed by atoms with Gasteiger partial charge in [-0.3, -0.25) is 0 Å². The van der Waals surface area contributed by atoms with Crippen LogP contribution in [-0.2, 0) is 0 Å². The molecule has 0 spiro atoms. The number of thiazole rings is 1. The van der Waals surface area contributed by atoms with Crippen LogP contribution in [0.25, 0.3) is 10.2 Å². The van der Waals surface area contributed by atoms with Crippen molar-refractivity contribution in [2.75, 3.05) is 5.32 Å². The second-order valence-corrected chi connectivity index (χ2v) is 5.94. The van der Waals surface area contributed by atoms with E-state index < -0.39 is 0 Å². The second-order valence-electron chi connectivity index (χ2n) is 4.06. The van der Waals surface area contributed by atoms with E-state index >= 15 is 0 Å². The Morgan fingerprint density at radius 3 is 2.75 bits per heavy atom. The molecule has 0 bridgehead atoms. The average Bonchev–Trinajstić information content (AvgIpc) is 2.80. The van der Waals surface area contributed by atoms with Crippen LogP contribution >= 0.6 is 34.5 Å². The summed E-state index contributed by atoms with van der Waals surface area (Å²) in [5.41, 5.74) is 2.13. The third kappa shape index (κ3) is 2.56. The van der Waals surface area contributed by atoms with Gasteiger partial charge in [0, 0.05) is 10.7 Å². The summed E-state index contributed by atoms with van der Waals surface area (Å²) in [6.07, 6.45) is 0. The highest BCUT2D eigenvalue weighted by Crippen LogP contribution is 2.31. The Kier molecular flexibility index (Phi) is 3.49. The lowest BCUT2D eigenvalue weighted by Gasteiger charge is -2.03. The first-order valence-corrected chi connectivity index (χ1v) is 7.26. The number of halogens is 2. The number of benzene rings is 2. The van der Waals surface area contributed by atoms with Gasteiger partial charge in [0.25, 0.3) is 0 Å². The SMILES string of the molecule is N#Cc1ccc(Nc2nc3ccc(Cl)cc3s2)cc1Cl. The molecule has 0 atom stereocenters. The number of rotatable bonds is 2. The predicted molar refractivity (Wildman–Crippen MR) is 84.1 cm³/mol. The largest absolute Gasteiger partial charge is 0.331 e. The lowest BCUT2D eigenvalue weighted by Crippen LogP contribution is -1.89. The molecule has 1 aromatic heterocycles. The van der Waals surface area contributed by atoms with Gasteiger partial charge in [0.15, 0.2) is 5.13 Å². The summed E-state index contributed by atoms with van der Waals surface area (Å²) in [6.45, 7) is 0. The van der Waals surface area contributed by atoms with Crippen LogP contribution in [0.4, 0.5) is 10.8 Å². The Morgan fingerprint density at radius 2 is 2.00 bits per heavy atom. The van der Waals surface area contributed by atoms with E-state index in [2.05, 4.69) is 10.3 Å². The number of nitrogens with one attached hydrogen (secondary N) is 1. The number of nitriles is 1. The Morgan fingerprint density at radius 1 is 1.15 bits per heavy atom. The molecular weight excluding hydrogens is 313 g/mol. The van der Waals surface area contributed by atoms with E-state index in [1.807, 2.05) is 24.3 Å². The van der Waals surface area contributed by atoms with Crippen LogP contribution in [0.15, 0.2) is 36.4 Å². The fourth-order valence-corrected chi connectivity index (χ4v) is 3.14. The molecule has 3 aromatic rings. The van der Waals surface area contributed by atoms with E-state index in [1.165, 1.54) is 11.3 Å². The highest BCUT2D eigenvalue weighted by molar-refractivity contribution is 7.22. The first kappa shape index (κ1) is 13.2. The first-order valence-electron chi connectivity index (χ1n) is 5.68. The van der Waals surface area contributed by atoms with Crippen molar-refractivity contribution in [3.63, 3.8) is 0 Å². The van der Waals surface area contributed by atoms with E-state index in [1.54, 1.807) is 18.2 Å². The van der Waals surface area contributed by atoms with Crippen LogP contribution < -0.4 is 5.32 Å². The smallest absolute Gasteiger partial charge is 0.188 e. The van der Waals surface area contributed by atoms with Crippen molar-refractivity contribution in [1.29, 1.82) is 5.26 Å². The Bertz CT molecular complexity index is 836. The summed E-state index contributed by atoms with van der Waals surface area (Å²) in [5.74, 6) is 0. The zero-order chi connectivity index (χ0) is 14.1. The molecule has 1 N–H and O–H groups in total. The molecule has 1 heterocycles. The van der Waals surface area contributed by atoms with Crippen molar-refractivity contribution in [2.24, 2.45) is 0 Å². The molecule has 3 rings (SSSR count). The van der Waals surface area contributed by atoms with Gasteiger partial charge in [-0.1, -0.05) is 34.5 Å². The minimum atomic E-state index is 0.418. The van der Waals surface area contributed by atoms with Crippen LogP contribution in [0.5, 0.6) is 0 Å². The molecule has 98 valence electrons. The van der Waals surface area contributed by atoms with Gasteiger partial charge in [0.2, 0.25) is 0 Å². The fraction of sp³-hybridized carbons (Fsp3) is 0. The Labute approximate surface area is 129 Å². The molecule has 0 radical (unpaired) electrons.